The minimum Gasteiger partial charge on any atom is -0.396 e. The lowest BCUT2D eigenvalue weighted by molar-refractivity contribution is 0.0946. The number of aromatic nitrogens is 3. The van der Waals surface area contributed by atoms with Crippen molar-refractivity contribution in [2.45, 2.75) is 20.0 Å². The third-order valence-corrected chi connectivity index (χ3v) is 3.02. The van der Waals surface area contributed by atoms with E-state index in [2.05, 4.69) is 15.4 Å². The number of nitrogen functional groups attached to an aromatic ring is 1. The van der Waals surface area contributed by atoms with Crippen LogP contribution in [0.25, 0.3) is 0 Å². The summed E-state index contributed by atoms with van der Waals surface area (Å²) in [6.07, 6.45) is 3.38. The minimum absolute atomic E-state index is 0.261. The molecular weight excluding hydrogens is 238 g/mol. The molecule has 0 aliphatic rings. The van der Waals surface area contributed by atoms with Crippen LogP contribution < -0.4 is 11.1 Å². The maximum atomic E-state index is 11.8. The van der Waals surface area contributed by atoms with Gasteiger partial charge >= 0.3 is 0 Å². The molecular formula is C10H13N5OS. The lowest BCUT2D eigenvalue weighted by atomic mass is 10.3. The number of anilines is 1. The molecule has 0 fully saturated rings. The fourth-order valence-electron chi connectivity index (χ4n) is 1.36. The molecule has 0 aliphatic heterocycles. The molecule has 2 aromatic heterocycles. The third-order valence-electron chi connectivity index (χ3n) is 2.24. The van der Waals surface area contributed by atoms with Crippen molar-refractivity contribution in [3.05, 3.63) is 28.5 Å². The number of hydrogen-bond donors (Lipinski definition) is 2. The van der Waals surface area contributed by atoms with Crippen LogP contribution in [0.1, 0.15) is 22.3 Å². The van der Waals surface area contributed by atoms with Crippen LogP contribution in [0, 0.1) is 0 Å². The molecule has 7 heteroatoms. The highest BCUT2D eigenvalue weighted by molar-refractivity contribution is 7.09. The largest absolute Gasteiger partial charge is 0.396 e. The normalized spacial score (nSPS) is 10.4. The molecule has 0 atom stereocenters. The van der Waals surface area contributed by atoms with E-state index in [0.717, 1.165) is 4.88 Å². The Morgan fingerprint density at radius 2 is 2.47 bits per heavy atom. The van der Waals surface area contributed by atoms with Gasteiger partial charge in [0.1, 0.15) is 0 Å². The Morgan fingerprint density at radius 3 is 3.06 bits per heavy atom. The molecule has 0 aromatic carbocycles. The van der Waals surface area contributed by atoms with E-state index in [1.54, 1.807) is 22.6 Å². The molecule has 2 heterocycles. The lowest BCUT2D eigenvalue weighted by Gasteiger charge is -2.00. The highest BCUT2D eigenvalue weighted by Crippen LogP contribution is 2.10. The monoisotopic (exact) mass is 251 g/mol. The van der Waals surface area contributed by atoms with Crippen molar-refractivity contribution in [3.63, 3.8) is 0 Å². The number of nitrogens with one attached hydrogen (secondary N) is 1. The molecule has 2 rings (SSSR count). The number of carbonyl (C=O) groups is 1. The first-order valence-electron chi connectivity index (χ1n) is 5.19. The molecule has 0 spiro atoms. The summed E-state index contributed by atoms with van der Waals surface area (Å²) in [5.74, 6) is -0.261. The van der Waals surface area contributed by atoms with Crippen LogP contribution in [0.4, 0.5) is 5.69 Å². The van der Waals surface area contributed by atoms with Gasteiger partial charge in [-0.3, -0.25) is 14.5 Å². The van der Waals surface area contributed by atoms with Gasteiger partial charge in [0.25, 0.3) is 5.91 Å². The number of nitrogens with zero attached hydrogens (tertiary/aromatic N) is 3. The molecule has 0 radical (unpaired) electrons. The van der Waals surface area contributed by atoms with Gasteiger partial charge in [0.2, 0.25) is 0 Å². The van der Waals surface area contributed by atoms with Crippen molar-refractivity contribution in [1.82, 2.24) is 20.1 Å². The first-order chi connectivity index (χ1) is 8.20. The van der Waals surface area contributed by atoms with E-state index in [1.807, 2.05) is 6.92 Å². The molecule has 0 aliphatic carbocycles. The van der Waals surface area contributed by atoms with Crippen LogP contribution in [0.3, 0.4) is 0 Å². The van der Waals surface area contributed by atoms with Crippen LogP contribution in [0.2, 0.25) is 0 Å². The summed E-state index contributed by atoms with van der Waals surface area (Å²) in [7, 11) is 0. The first-order valence-corrected chi connectivity index (χ1v) is 6.07. The number of hydrogen-bond acceptors (Lipinski definition) is 5. The van der Waals surface area contributed by atoms with Gasteiger partial charge in [0.15, 0.2) is 5.69 Å². The minimum atomic E-state index is -0.261. The molecule has 2 aromatic rings. The van der Waals surface area contributed by atoms with E-state index < -0.39 is 0 Å². The Bertz CT molecular complexity index is 505. The number of rotatable bonds is 4. The van der Waals surface area contributed by atoms with Gasteiger partial charge in [-0.15, -0.1) is 11.3 Å². The zero-order chi connectivity index (χ0) is 12.3. The van der Waals surface area contributed by atoms with Crippen LogP contribution in [0.5, 0.6) is 0 Å². The quantitative estimate of drug-likeness (QED) is 0.844. The number of aryl methyl sites for hydroxylation is 1. The highest BCUT2D eigenvalue weighted by Gasteiger charge is 2.14. The standard InChI is InChI=1S/C10H13N5OS/c1-2-15-5-8(11)9(14-15)10(16)13-4-7-3-12-6-17-7/h3,5-6H,2,4,11H2,1H3,(H,13,16). The van der Waals surface area contributed by atoms with Crippen LogP contribution >= 0.6 is 11.3 Å². The maximum absolute atomic E-state index is 11.8. The number of nitrogens with two attached hydrogens (primary N) is 1. The second-order valence-corrected chi connectivity index (χ2v) is 4.41. The Hall–Kier alpha value is -1.89. The predicted molar refractivity (Wildman–Crippen MR) is 65.6 cm³/mol. The molecule has 0 saturated carbocycles. The van der Waals surface area contributed by atoms with E-state index >= 15 is 0 Å². The fourth-order valence-corrected chi connectivity index (χ4v) is 1.89. The van der Waals surface area contributed by atoms with Crippen LogP contribution in [-0.2, 0) is 13.1 Å². The van der Waals surface area contributed by atoms with Crippen molar-refractivity contribution < 1.29 is 4.79 Å². The van der Waals surface area contributed by atoms with Gasteiger partial charge in [0, 0.05) is 23.8 Å². The van der Waals surface area contributed by atoms with Crippen molar-refractivity contribution in [3.8, 4) is 0 Å². The van der Waals surface area contributed by atoms with Gasteiger partial charge < -0.3 is 11.1 Å². The Morgan fingerprint density at radius 1 is 1.65 bits per heavy atom. The van der Waals surface area contributed by atoms with E-state index in [4.69, 9.17) is 5.73 Å². The second-order valence-electron chi connectivity index (χ2n) is 3.44. The van der Waals surface area contributed by atoms with Crippen molar-refractivity contribution in [2.24, 2.45) is 0 Å². The third kappa shape index (κ3) is 2.62. The number of carbonyl (C=O) groups excluding carboxylic acids is 1. The summed E-state index contributed by atoms with van der Waals surface area (Å²) < 4.78 is 1.64. The average molecular weight is 251 g/mol. The smallest absolute Gasteiger partial charge is 0.274 e. The summed E-state index contributed by atoms with van der Waals surface area (Å²) >= 11 is 1.49. The fraction of sp³-hybridized carbons (Fsp3) is 0.300. The zero-order valence-corrected chi connectivity index (χ0v) is 10.2. The van der Waals surface area contributed by atoms with Crippen molar-refractivity contribution in [2.75, 3.05) is 5.73 Å². The summed E-state index contributed by atoms with van der Waals surface area (Å²) in [6, 6.07) is 0. The molecule has 0 bridgehead atoms. The summed E-state index contributed by atoms with van der Waals surface area (Å²) in [6.45, 7) is 3.07. The summed E-state index contributed by atoms with van der Waals surface area (Å²) in [5.41, 5.74) is 8.11. The molecule has 0 saturated heterocycles. The van der Waals surface area contributed by atoms with Gasteiger partial charge in [-0.25, -0.2) is 0 Å². The maximum Gasteiger partial charge on any atom is 0.274 e. The molecule has 1 amide bonds. The second kappa shape index (κ2) is 4.96. The molecule has 0 unspecified atom stereocenters. The molecule has 6 nitrogen and oxygen atoms in total. The Balaban J connectivity index is 2.01. The molecule has 3 N–H and O–H groups in total. The Kier molecular flexibility index (Phi) is 3.38. The van der Waals surface area contributed by atoms with E-state index in [1.165, 1.54) is 11.3 Å². The number of amides is 1. The average Bonchev–Trinajstić information content (AvgIpc) is 2.94. The topological polar surface area (TPSA) is 85.8 Å². The zero-order valence-electron chi connectivity index (χ0n) is 9.38. The van der Waals surface area contributed by atoms with E-state index in [9.17, 15) is 4.79 Å². The van der Waals surface area contributed by atoms with Gasteiger partial charge in [-0.2, -0.15) is 5.10 Å². The summed E-state index contributed by atoms with van der Waals surface area (Å²) in [4.78, 5) is 16.7. The van der Waals surface area contributed by atoms with E-state index in [0.29, 0.717) is 18.8 Å². The predicted octanol–water partition coefficient (Wildman–Crippen LogP) is 0.872. The summed E-state index contributed by atoms with van der Waals surface area (Å²) in [5, 5.41) is 6.85. The van der Waals surface area contributed by atoms with Crippen molar-refractivity contribution >= 4 is 22.9 Å². The van der Waals surface area contributed by atoms with Gasteiger partial charge in [-0.1, -0.05) is 0 Å². The van der Waals surface area contributed by atoms with Crippen molar-refractivity contribution in [1.29, 1.82) is 0 Å². The van der Waals surface area contributed by atoms with E-state index in [-0.39, 0.29) is 11.6 Å². The lowest BCUT2D eigenvalue weighted by Crippen LogP contribution is -2.23. The number of thiazole rings is 1. The first kappa shape index (κ1) is 11.6. The Labute approximate surface area is 102 Å². The van der Waals surface area contributed by atoms with Gasteiger partial charge in [-0.05, 0) is 6.92 Å². The van der Waals surface area contributed by atoms with Gasteiger partial charge in [0.05, 0.1) is 17.7 Å². The molecule has 90 valence electrons. The van der Waals surface area contributed by atoms with Crippen LogP contribution in [-0.4, -0.2) is 20.7 Å². The molecule has 17 heavy (non-hydrogen) atoms. The van der Waals surface area contributed by atoms with Crippen LogP contribution in [0.15, 0.2) is 17.9 Å². The highest BCUT2D eigenvalue weighted by atomic mass is 32.1. The SMILES string of the molecule is CCn1cc(N)c(C(=O)NCc2cncs2)n1.